The number of benzene rings is 1. The Morgan fingerprint density at radius 3 is 2.11 bits per heavy atom. The molecule has 106 valence electrons. The van der Waals surface area contributed by atoms with Crippen LogP contribution in [0.5, 0.6) is 0 Å². The third-order valence-corrected chi connectivity index (χ3v) is 3.05. The molecule has 4 nitrogen and oxygen atoms in total. The van der Waals surface area contributed by atoms with E-state index in [1.807, 2.05) is 0 Å². The van der Waals surface area contributed by atoms with Crippen molar-refractivity contribution in [1.29, 1.82) is 0 Å². The Hall–Kier alpha value is -1.55. The van der Waals surface area contributed by atoms with E-state index >= 15 is 0 Å². The summed E-state index contributed by atoms with van der Waals surface area (Å²) in [6, 6.07) is 6.81. The fourth-order valence-electron chi connectivity index (χ4n) is 1.91. The number of rotatable bonds is 10. The van der Waals surface area contributed by atoms with Gasteiger partial charge in [-0.3, -0.25) is 0 Å². The maximum Gasteiger partial charge on any atom is 0.335 e. The monoisotopic (exact) mass is 265 g/mol. The van der Waals surface area contributed by atoms with Crippen molar-refractivity contribution in [2.24, 2.45) is 0 Å². The van der Waals surface area contributed by atoms with Gasteiger partial charge in [-0.1, -0.05) is 25.7 Å². The normalized spacial score (nSPS) is 10.4. The average Bonchev–Trinajstić information content (AvgIpc) is 2.42. The number of carbonyl (C=O) groups is 1. The fraction of sp³-hybridized carbons (Fsp3) is 0.533. The van der Waals surface area contributed by atoms with Gasteiger partial charge in [-0.05, 0) is 37.1 Å². The van der Waals surface area contributed by atoms with Crippen molar-refractivity contribution in [3.05, 3.63) is 29.8 Å². The highest BCUT2D eigenvalue weighted by atomic mass is 16.4. The van der Waals surface area contributed by atoms with Crippen molar-refractivity contribution in [3.63, 3.8) is 0 Å². The van der Waals surface area contributed by atoms with Crippen molar-refractivity contribution in [2.75, 3.05) is 18.5 Å². The average molecular weight is 265 g/mol. The molecule has 0 bridgehead atoms. The quantitative estimate of drug-likeness (QED) is 0.568. The van der Waals surface area contributed by atoms with Gasteiger partial charge in [-0.2, -0.15) is 0 Å². The Bertz CT molecular complexity index is 362. The molecule has 1 aromatic rings. The topological polar surface area (TPSA) is 69.6 Å². The van der Waals surface area contributed by atoms with E-state index in [1.165, 1.54) is 19.3 Å². The van der Waals surface area contributed by atoms with E-state index < -0.39 is 5.97 Å². The summed E-state index contributed by atoms with van der Waals surface area (Å²) in [4.78, 5) is 10.7. The molecule has 0 amide bonds. The number of hydrogen-bond acceptors (Lipinski definition) is 3. The van der Waals surface area contributed by atoms with Crippen molar-refractivity contribution in [2.45, 2.75) is 38.5 Å². The summed E-state index contributed by atoms with van der Waals surface area (Å²) in [5, 5.41) is 20.7. The lowest BCUT2D eigenvalue weighted by molar-refractivity contribution is 0.0697. The van der Waals surface area contributed by atoms with Gasteiger partial charge in [0.25, 0.3) is 0 Å². The molecule has 19 heavy (non-hydrogen) atoms. The van der Waals surface area contributed by atoms with Gasteiger partial charge < -0.3 is 15.5 Å². The standard InChI is InChI=1S/C15H23NO3/c17-12-6-4-2-1-3-5-11-16-14-9-7-13(8-10-14)15(18)19/h7-10,16-17H,1-6,11-12H2,(H,18,19). The van der Waals surface area contributed by atoms with Gasteiger partial charge in [-0.15, -0.1) is 0 Å². The maximum absolute atomic E-state index is 10.7. The van der Waals surface area contributed by atoms with E-state index in [2.05, 4.69) is 5.32 Å². The summed E-state index contributed by atoms with van der Waals surface area (Å²) in [7, 11) is 0. The molecule has 4 heteroatoms. The molecule has 1 rings (SSSR count). The first kappa shape index (κ1) is 15.5. The number of aliphatic hydroxyl groups is 1. The van der Waals surface area contributed by atoms with E-state index in [1.54, 1.807) is 24.3 Å². The van der Waals surface area contributed by atoms with E-state index in [0.717, 1.165) is 31.5 Å². The molecule has 0 heterocycles. The summed E-state index contributed by atoms with van der Waals surface area (Å²) < 4.78 is 0. The highest BCUT2D eigenvalue weighted by molar-refractivity contribution is 5.87. The minimum atomic E-state index is -0.894. The lowest BCUT2D eigenvalue weighted by Gasteiger charge is -2.06. The van der Waals surface area contributed by atoms with Crippen molar-refractivity contribution in [3.8, 4) is 0 Å². The predicted molar refractivity (Wildman–Crippen MR) is 76.7 cm³/mol. The first-order valence-electron chi connectivity index (χ1n) is 6.92. The minimum absolute atomic E-state index is 0.299. The minimum Gasteiger partial charge on any atom is -0.478 e. The van der Waals surface area contributed by atoms with Crippen molar-refractivity contribution >= 4 is 11.7 Å². The summed E-state index contributed by atoms with van der Waals surface area (Å²) in [6.45, 7) is 1.21. The number of aromatic carboxylic acids is 1. The van der Waals surface area contributed by atoms with E-state index in [4.69, 9.17) is 10.2 Å². The van der Waals surface area contributed by atoms with Crippen LogP contribution >= 0.6 is 0 Å². The highest BCUT2D eigenvalue weighted by Gasteiger charge is 2.00. The summed E-state index contributed by atoms with van der Waals surface area (Å²) in [5.74, 6) is -0.894. The van der Waals surface area contributed by atoms with Gasteiger partial charge >= 0.3 is 5.97 Å². The second-order valence-electron chi connectivity index (χ2n) is 4.65. The van der Waals surface area contributed by atoms with Gasteiger partial charge in [0.05, 0.1) is 5.56 Å². The Kier molecular flexibility index (Phi) is 7.66. The zero-order chi connectivity index (χ0) is 13.9. The van der Waals surface area contributed by atoms with Crippen LogP contribution in [0.15, 0.2) is 24.3 Å². The molecule has 0 spiro atoms. The Labute approximate surface area is 114 Å². The molecule has 1 aromatic carbocycles. The predicted octanol–water partition coefficient (Wildman–Crippen LogP) is 3.13. The first-order valence-corrected chi connectivity index (χ1v) is 6.92. The molecule has 0 atom stereocenters. The van der Waals surface area contributed by atoms with Crippen molar-refractivity contribution < 1.29 is 15.0 Å². The van der Waals surface area contributed by atoms with Crippen LogP contribution in [0.1, 0.15) is 48.9 Å². The Morgan fingerprint density at radius 2 is 1.53 bits per heavy atom. The van der Waals surface area contributed by atoms with E-state index in [9.17, 15) is 4.79 Å². The number of nitrogens with one attached hydrogen (secondary N) is 1. The van der Waals surface area contributed by atoms with Crippen LogP contribution in [0.4, 0.5) is 5.69 Å². The number of carboxylic acids is 1. The van der Waals surface area contributed by atoms with Gasteiger partial charge in [-0.25, -0.2) is 4.79 Å². The molecular weight excluding hydrogens is 242 g/mol. The molecule has 0 fully saturated rings. The Balaban J connectivity index is 2.07. The lowest BCUT2D eigenvalue weighted by atomic mass is 10.1. The number of hydrogen-bond donors (Lipinski definition) is 3. The molecule has 0 aliphatic heterocycles. The molecule has 0 aromatic heterocycles. The number of aliphatic hydroxyl groups excluding tert-OH is 1. The van der Waals surface area contributed by atoms with Crippen LogP contribution in [0, 0.1) is 0 Å². The van der Waals surface area contributed by atoms with Crippen LogP contribution < -0.4 is 5.32 Å². The van der Waals surface area contributed by atoms with E-state index in [-0.39, 0.29) is 0 Å². The van der Waals surface area contributed by atoms with Crippen LogP contribution in [-0.2, 0) is 0 Å². The van der Waals surface area contributed by atoms with Gasteiger partial charge in [0.15, 0.2) is 0 Å². The van der Waals surface area contributed by atoms with Crippen LogP contribution in [0.3, 0.4) is 0 Å². The second kappa shape index (κ2) is 9.39. The number of anilines is 1. The fourth-order valence-corrected chi connectivity index (χ4v) is 1.91. The highest BCUT2D eigenvalue weighted by Crippen LogP contribution is 2.10. The number of unbranched alkanes of at least 4 members (excludes halogenated alkanes) is 5. The second-order valence-corrected chi connectivity index (χ2v) is 4.65. The zero-order valence-electron chi connectivity index (χ0n) is 11.3. The molecule has 0 unspecified atom stereocenters. The lowest BCUT2D eigenvalue weighted by Crippen LogP contribution is -2.02. The van der Waals surface area contributed by atoms with Gasteiger partial charge in [0.1, 0.15) is 0 Å². The smallest absolute Gasteiger partial charge is 0.335 e. The van der Waals surface area contributed by atoms with Gasteiger partial charge in [0, 0.05) is 18.8 Å². The van der Waals surface area contributed by atoms with Crippen LogP contribution in [0.2, 0.25) is 0 Å². The molecule has 0 aliphatic rings. The molecule has 0 saturated heterocycles. The third kappa shape index (κ3) is 6.82. The zero-order valence-corrected chi connectivity index (χ0v) is 11.3. The molecule has 0 radical (unpaired) electrons. The Morgan fingerprint density at radius 1 is 0.947 bits per heavy atom. The summed E-state index contributed by atoms with van der Waals surface area (Å²) >= 11 is 0. The molecule has 0 saturated carbocycles. The van der Waals surface area contributed by atoms with Crippen LogP contribution in [-0.4, -0.2) is 29.3 Å². The first-order chi connectivity index (χ1) is 9.24. The van der Waals surface area contributed by atoms with E-state index in [0.29, 0.717) is 12.2 Å². The largest absolute Gasteiger partial charge is 0.478 e. The molecule has 0 aliphatic carbocycles. The summed E-state index contributed by atoms with van der Waals surface area (Å²) in [6.07, 6.45) is 6.72. The van der Waals surface area contributed by atoms with Crippen LogP contribution in [0.25, 0.3) is 0 Å². The number of carboxylic acid groups (broad SMARTS) is 1. The van der Waals surface area contributed by atoms with Gasteiger partial charge in [0.2, 0.25) is 0 Å². The SMILES string of the molecule is O=C(O)c1ccc(NCCCCCCCCO)cc1. The van der Waals surface area contributed by atoms with Crippen molar-refractivity contribution in [1.82, 2.24) is 0 Å². The summed E-state index contributed by atoms with van der Waals surface area (Å²) in [5.41, 5.74) is 1.28. The molecule has 3 N–H and O–H groups in total. The third-order valence-electron chi connectivity index (χ3n) is 3.05. The molecular formula is C15H23NO3. The maximum atomic E-state index is 10.7.